The number of anilines is 1. The Balaban J connectivity index is 2.46. The van der Waals surface area contributed by atoms with Crippen LogP contribution in [0.4, 0.5) is 11.4 Å². The van der Waals surface area contributed by atoms with Gasteiger partial charge in [0.2, 0.25) is 10.0 Å². The van der Waals surface area contributed by atoms with Gasteiger partial charge in [0, 0.05) is 19.2 Å². The SMILES string of the molecule is CC1CC(C)CN(c2ccc(S(N)(=O)=O)cc2[N+](=O)[O-])C1. The van der Waals surface area contributed by atoms with Gasteiger partial charge in [-0.15, -0.1) is 0 Å². The first-order chi connectivity index (χ1) is 9.68. The highest BCUT2D eigenvalue weighted by Crippen LogP contribution is 2.34. The summed E-state index contributed by atoms with van der Waals surface area (Å²) in [5.74, 6) is 0.873. The lowest BCUT2D eigenvalue weighted by Gasteiger charge is -2.36. The predicted octanol–water partition coefficient (Wildman–Crippen LogP) is 1.72. The lowest BCUT2D eigenvalue weighted by Crippen LogP contribution is -2.39. The molecule has 1 aliphatic heterocycles. The standard InChI is InChI=1S/C13H19N3O4S/c1-9-5-10(2)8-15(7-9)12-4-3-11(21(14,19)20)6-13(12)16(17)18/h3-4,6,9-10H,5,7-8H2,1-2H3,(H2,14,19,20). The average molecular weight is 313 g/mol. The zero-order chi connectivity index (χ0) is 15.8. The number of nitrogens with zero attached hydrogens (tertiary/aromatic N) is 2. The second-order valence-electron chi connectivity index (χ2n) is 5.80. The molecule has 1 saturated heterocycles. The Kier molecular flexibility index (Phi) is 4.20. The van der Waals surface area contributed by atoms with Crippen LogP contribution in [0, 0.1) is 22.0 Å². The Hall–Kier alpha value is -1.67. The Morgan fingerprint density at radius 1 is 1.29 bits per heavy atom. The van der Waals surface area contributed by atoms with Crippen LogP contribution in [0.15, 0.2) is 23.1 Å². The van der Waals surface area contributed by atoms with Crippen LogP contribution < -0.4 is 10.0 Å². The van der Waals surface area contributed by atoms with Gasteiger partial charge in [-0.3, -0.25) is 10.1 Å². The Morgan fingerprint density at radius 2 is 1.86 bits per heavy atom. The second kappa shape index (κ2) is 5.61. The van der Waals surface area contributed by atoms with Gasteiger partial charge in [-0.05, 0) is 30.4 Å². The van der Waals surface area contributed by atoms with Crippen molar-refractivity contribution in [1.29, 1.82) is 0 Å². The van der Waals surface area contributed by atoms with Crippen molar-refractivity contribution < 1.29 is 13.3 Å². The maximum absolute atomic E-state index is 11.3. The molecule has 1 aliphatic rings. The monoisotopic (exact) mass is 313 g/mol. The predicted molar refractivity (Wildman–Crippen MR) is 79.6 cm³/mol. The van der Waals surface area contributed by atoms with Crippen molar-refractivity contribution in [3.05, 3.63) is 28.3 Å². The molecular weight excluding hydrogens is 294 g/mol. The van der Waals surface area contributed by atoms with Crippen molar-refractivity contribution in [3.63, 3.8) is 0 Å². The summed E-state index contributed by atoms with van der Waals surface area (Å²) in [6.45, 7) is 5.65. The maximum atomic E-state index is 11.3. The van der Waals surface area contributed by atoms with Gasteiger partial charge in [0.15, 0.2) is 0 Å². The van der Waals surface area contributed by atoms with Crippen LogP contribution in [-0.2, 0) is 10.0 Å². The van der Waals surface area contributed by atoms with Crippen LogP contribution in [0.1, 0.15) is 20.3 Å². The molecule has 7 nitrogen and oxygen atoms in total. The molecule has 0 spiro atoms. The molecule has 0 radical (unpaired) electrons. The Bertz CT molecular complexity index is 649. The van der Waals surface area contributed by atoms with E-state index in [0.717, 1.165) is 25.6 Å². The van der Waals surface area contributed by atoms with Gasteiger partial charge >= 0.3 is 0 Å². The average Bonchev–Trinajstić information content (AvgIpc) is 2.35. The smallest absolute Gasteiger partial charge is 0.293 e. The number of hydrogen-bond acceptors (Lipinski definition) is 5. The first-order valence-electron chi connectivity index (χ1n) is 6.74. The van der Waals surface area contributed by atoms with Crippen molar-refractivity contribution in [2.75, 3.05) is 18.0 Å². The van der Waals surface area contributed by atoms with Crippen molar-refractivity contribution in [2.45, 2.75) is 25.2 Å². The van der Waals surface area contributed by atoms with Crippen LogP contribution >= 0.6 is 0 Å². The van der Waals surface area contributed by atoms with Crippen molar-refractivity contribution in [2.24, 2.45) is 17.0 Å². The van der Waals surface area contributed by atoms with Gasteiger partial charge in [0.05, 0.1) is 9.82 Å². The third kappa shape index (κ3) is 3.51. The molecule has 116 valence electrons. The molecule has 0 saturated carbocycles. The number of piperidine rings is 1. The van der Waals surface area contributed by atoms with Gasteiger partial charge in [0.1, 0.15) is 5.69 Å². The molecule has 21 heavy (non-hydrogen) atoms. The summed E-state index contributed by atoms with van der Waals surface area (Å²) >= 11 is 0. The maximum Gasteiger partial charge on any atom is 0.293 e. The van der Waals surface area contributed by atoms with E-state index in [9.17, 15) is 18.5 Å². The highest BCUT2D eigenvalue weighted by atomic mass is 32.2. The number of hydrogen-bond donors (Lipinski definition) is 1. The van der Waals surface area contributed by atoms with Crippen LogP contribution in [0.3, 0.4) is 0 Å². The molecule has 8 heteroatoms. The van der Waals surface area contributed by atoms with Gasteiger partial charge < -0.3 is 4.90 Å². The largest absolute Gasteiger partial charge is 0.365 e. The van der Waals surface area contributed by atoms with Crippen molar-refractivity contribution in [1.82, 2.24) is 0 Å². The molecule has 2 rings (SSSR count). The highest BCUT2D eigenvalue weighted by Gasteiger charge is 2.28. The molecule has 2 unspecified atom stereocenters. The Morgan fingerprint density at radius 3 is 2.33 bits per heavy atom. The first kappa shape index (κ1) is 15.7. The molecule has 1 fully saturated rings. The van der Waals surface area contributed by atoms with Gasteiger partial charge in [0.25, 0.3) is 5.69 Å². The number of nitro groups is 1. The third-order valence-electron chi connectivity index (χ3n) is 3.68. The normalized spacial score (nSPS) is 23.1. The van der Waals surface area contributed by atoms with Crippen LogP contribution in [0.25, 0.3) is 0 Å². The molecular formula is C13H19N3O4S. The van der Waals surface area contributed by atoms with E-state index in [1.54, 1.807) is 0 Å². The number of nitrogens with two attached hydrogens (primary N) is 1. The van der Waals surface area contributed by atoms with E-state index in [-0.39, 0.29) is 10.6 Å². The van der Waals surface area contributed by atoms with Crippen molar-refractivity contribution >= 4 is 21.4 Å². The lowest BCUT2D eigenvalue weighted by atomic mass is 9.91. The molecule has 0 aromatic heterocycles. The fourth-order valence-electron chi connectivity index (χ4n) is 2.95. The molecule has 1 aromatic carbocycles. The second-order valence-corrected chi connectivity index (χ2v) is 7.37. The minimum Gasteiger partial charge on any atom is -0.365 e. The first-order valence-corrected chi connectivity index (χ1v) is 8.29. The van der Waals surface area contributed by atoms with Gasteiger partial charge in [-0.1, -0.05) is 13.8 Å². The van der Waals surface area contributed by atoms with E-state index < -0.39 is 14.9 Å². The summed E-state index contributed by atoms with van der Waals surface area (Å²) in [5.41, 5.74) is 0.230. The summed E-state index contributed by atoms with van der Waals surface area (Å²) in [6.07, 6.45) is 1.08. The molecule has 2 N–H and O–H groups in total. The highest BCUT2D eigenvalue weighted by molar-refractivity contribution is 7.89. The van der Waals surface area contributed by atoms with E-state index >= 15 is 0 Å². The van der Waals surface area contributed by atoms with Gasteiger partial charge in [-0.2, -0.15) is 0 Å². The van der Waals surface area contributed by atoms with Crippen molar-refractivity contribution in [3.8, 4) is 0 Å². The minimum atomic E-state index is -3.95. The quantitative estimate of drug-likeness (QED) is 0.675. The third-order valence-corrected chi connectivity index (χ3v) is 4.59. The lowest BCUT2D eigenvalue weighted by molar-refractivity contribution is -0.384. The summed E-state index contributed by atoms with van der Waals surface area (Å²) in [5, 5.41) is 16.3. The van der Waals surface area contributed by atoms with E-state index in [1.165, 1.54) is 12.1 Å². The fourth-order valence-corrected chi connectivity index (χ4v) is 3.49. The van der Waals surface area contributed by atoms with Gasteiger partial charge in [-0.25, -0.2) is 13.6 Å². The molecule has 1 heterocycles. The topological polar surface area (TPSA) is 107 Å². The summed E-state index contributed by atoms with van der Waals surface area (Å²) in [4.78, 5) is 12.4. The van der Waals surface area contributed by atoms with E-state index in [4.69, 9.17) is 5.14 Å². The number of benzene rings is 1. The number of sulfonamides is 1. The molecule has 2 atom stereocenters. The summed E-state index contributed by atoms with van der Waals surface area (Å²) in [7, 11) is -3.95. The zero-order valence-electron chi connectivity index (χ0n) is 12.0. The van der Waals surface area contributed by atoms with E-state index in [0.29, 0.717) is 17.5 Å². The van der Waals surface area contributed by atoms with E-state index in [2.05, 4.69) is 13.8 Å². The molecule has 0 bridgehead atoms. The number of primary sulfonamides is 1. The summed E-state index contributed by atoms with van der Waals surface area (Å²) in [6, 6.07) is 3.83. The molecule has 0 amide bonds. The minimum absolute atomic E-state index is 0.220. The zero-order valence-corrected chi connectivity index (χ0v) is 12.8. The molecule has 0 aliphatic carbocycles. The van der Waals surface area contributed by atoms with E-state index in [1.807, 2.05) is 4.90 Å². The number of rotatable bonds is 3. The summed E-state index contributed by atoms with van der Waals surface area (Å²) < 4.78 is 22.7. The van der Waals surface area contributed by atoms with Crippen LogP contribution in [0.2, 0.25) is 0 Å². The Labute approximate surface area is 123 Å². The van der Waals surface area contributed by atoms with Crippen LogP contribution in [0.5, 0.6) is 0 Å². The van der Waals surface area contributed by atoms with Crippen LogP contribution in [-0.4, -0.2) is 26.4 Å². The molecule has 1 aromatic rings. The fraction of sp³-hybridized carbons (Fsp3) is 0.538. The number of nitro benzene ring substituents is 1.